The zero-order valence-electron chi connectivity index (χ0n) is 32.4. The molecule has 2 aliphatic rings. The molecule has 0 aliphatic carbocycles. The number of imidazole rings is 3. The second kappa shape index (κ2) is 16.7. The summed E-state index contributed by atoms with van der Waals surface area (Å²) in [5.74, 6) is 0.746. The van der Waals surface area contributed by atoms with Crippen LogP contribution in [0.15, 0.2) is 73.4 Å². The summed E-state index contributed by atoms with van der Waals surface area (Å²) in [6, 6.07) is 14.2. The molecule has 0 bridgehead atoms. The van der Waals surface area contributed by atoms with E-state index in [1.165, 1.54) is 7.11 Å². The average Bonchev–Trinajstić information content (AvgIpc) is 4.06. The van der Waals surface area contributed by atoms with Crippen LogP contribution in [0.1, 0.15) is 69.0 Å². The van der Waals surface area contributed by atoms with E-state index in [4.69, 9.17) is 4.74 Å². The third-order valence-electron chi connectivity index (χ3n) is 10.9. The number of carboxylic acid groups (broad SMARTS) is 1. The zero-order chi connectivity index (χ0) is 40.2. The van der Waals surface area contributed by atoms with Crippen LogP contribution >= 0.6 is 0 Å². The number of amides is 4. The van der Waals surface area contributed by atoms with E-state index in [0.29, 0.717) is 24.7 Å². The molecule has 0 saturated carbocycles. The number of alkyl carbamates (subject to hydrolysis) is 1. The van der Waals surface area contributed by atoms with E-state index in [2.05, 4.69) is 59.8 Å². The molecule has 0 spiro atoms. The van der Waals surface area contributed by atoms with Gasteiger partial charge in [0.2, 0.25) is 11.8 Å². The molecule has 2 aromatic carbocycles. The van der Waals surface area contributed by atoms with Crippen LogP contribution < -0.4 is 10.6 Å². The number of hydrogen-bond acceptors (Lipinski definition) is 8. The topological polar surface area (TPSA) is 203 Å². The van der Waals surface area contributed by atoms with Crippen molar-refractivity contribution in [2.24, 2.45) is 13.0 Å². The van der Waals surface area contributed by atoms with Gasteiger partial charge in [-0.25, -0.2) is 24.5 Å². The van der Waals surface area contributed by atoms with Gasteiger partial charge in [-0.1, -0.05) is 62.4 Å². The fourth-order valence-electron chi connectivity index (χ4n) is 7.84. The number of hydrogen-bond donors (Lipinski definition) is 5. The van der Waals surface area contributed by atoms with E-state index in [9.17, 15) is 24.3 Å². The first-order valence-corrected chi connectivity index (χ1v) is 19.2. The van der Waals surface area contributed by atoms with Crippen LogP contribution in [0.2, 0.25) is 0 Å². The van der Waals surface area contributed by atoms with E-state index >= 15 is 0 Å². The van der Waals surface area contributed by atoms with E-state index in [1.807, 2.05) is 49.7 Å². The van der Waals surface area contributed by atoms with Crippen molar-refractivity contribution in [1.29, 1.82) is 0 Å². The van der Waals surface area contributed by atoms with Crippen LogP contribution in [0.3, 0.4) is 0 Å². The number of methoxy groups -OCH3 is 1. The summed E-state index contributed by atoms with van der Waals surface area (Å²) >= 11 is 0. The molecule has 57 heavy (non-hydrogen) atoms. The zero-order valence-corrected chi connectivity index (χ0v) is 32.4. The summed E-state index contributed by atoms with van der Waals surface area (Å²) in [5.41, 5.74) is 6.45. The molecule has 298 valence electrons. The third-order valence-corrected chi connectivity index (χ3v) is 10.9. The molecule has 16 nitrogen and oxygen atoms in total. The van der Waals surface area contributed by atoms with Gasteiger partial charge >= 0.3 is 12.2 Å². The summed E-state index contributed by atoms with van der Waals surface area (Å²) < 4.78 is 6.64. The van der Waals surface area contributed by atoms with Gasteiger partial charge in [-0.05, 0) is 53.9 Å². The molecule has 16 heteroatoms. The molecule has 0 unspecified atom stereocenters. The van der Waals surface area contributed by atoms with Crippen LogP contribution in [0.5, 0.6) is 0 Å². The molecule has 3 aromatic heterocycles. The van der Waals surface area contributed by atoms with Crippen LogP contribution in [0.25, 0.3) is 33.6 Å². The maximum Gasteiger partial charge on any atom is 0.407 e. The van der Waals surface area contributed by atoms with Crippen molar-refractivity contribution in [3.63, 3.8) is 0 Å². The standard InChI is InChI=1S/C41H48N10O6/c1-24(2)35(48-40(54)55)39(53)51-18-6-8-34(51)37-44-22-32(46-37)28-15-11-26(12-16-28)25-9-13-27(14-10-25)31-21-43-36(45-31)33-7-5-17-50(33)38(52)30(47-41(56)57-4)19-29-20-42-23-49(29)3/h9-16,20-24,30,33-35,48H,5-8,17-19H2,1-4H3,(H,43,45)(H,44,46)(H,47,56)(H,54,55)/t30-,33-,34-,35-/m0/s1. The molecule has 4 atom stereocenters. The minimum atomic E-state index is -1.22. The highest BCUT2D eigenvalue weighted by Crippen LogP contribution is 2.35. The Kier molecular flexibility index (Phi) is 11.4. The number of carbonyl (C=O) groups is 4. The van der Waals surface area contributed by atoms with Crippen LogP contribution in [-0.4, -0.2) is 101 Å². The summed E-state index contributed by atoms with van der Waals surface area (Å²) in [6.07, 6.45) is 8.40. The summed E-state index contributed by atoms with van der Waals surface area (Å²) in [4.78, 5) is 74.7. The number of aryl methyl sites for hydroxylation is 1. The van der Waals surface area contributed by atoms with Gasteiger partial charge < -0.3 is 44.8 Å². The number of nitrogens with zero attached hydrogens (tertiary/aromatic N) is 6. The van der Waals surface area contributed by atoms with Crippen molar-refractivity contribution in [3.8, 4) is 33.6 Å². The Morgan fingerprint density at radius 2 is 1.30 bits per heavy atom. The fraction of sp³-hybridized carbons (Fsp3) is 0.390. The first kappa shape index (κ1) is 38.8. The molecule has 7 rings (SSSR count). The van der Waals surface area contributed by atoms with Crippen LogP contribution in [0, 0.1) is 5.92 Å². The van der Waals surface area contributed by atoms with Crippen molar-refractivity contribution < 1.29 is 29.0 Å². The fourth-order valence-corrected chi connectivity index (χ4v) is 7.84. The summed E-state index contributed by atoms with van der Waals surface area (Å²) in [7, 11) is 3.12. The Hall–Kier alpha value is -6.45. The Bertz CT molecular complexity index is 2210. The largest absolute Gasteiger partial charge is 0.465 e. The van der Waals surface area contributed by atoms with Gasteiger partial charge in [0.05, 0.1) is 49.3 Å². The highest BCUT2D eigenvalue weighted by atomic mass is 16.5. The summed E-state index contributed by atoms with van der Waals surface area (Å²) in [5, 5.41) is 14.4. The predicted molar refractivity (Wildman–Crippen MR) is 210 cm³/mol. The molecular formula is C41H48N10O6. The predicted octanol–water partition coefficient (Wildman–Crippen LogP) is 5.45. The molecule has 0 radical (unpaired) electrons. The van der Waals surface area contributed by atoms with E-state index in [0.717, 1.165) is 65.0 Å². The molecule has 5 aromatic rings. The molecule has 2 saturated heterocycles. The molecule has 5 N–H and O–H groups in total. The quantitative estimate of drug-likeness (QED) is 0.109. The first-order valence-electron chi connectivity index (χ1n) is 19.2. The van der Waals surface area contributed by atoms with Crippen LogP contribution in [-0.2, 0) is 27.8 Å². The van der Waals surface area contributed by atoms with Gasteiger partial charge in [0, 0.05) is 38.4 Å². The van der Waals surface area contributed by atoms with E-state index < -0.39 is 24.3 Å². The Morgan fingerprint density at radius 3 is 1.75 bits per heavy atom. The molecule has 2 fully saturated rings. The Labute approximate surface area is 330 Å². The second-order valence-electron chi connectivity index (χ2n) is 15.0. The van der Waals surface area contributed by atoms with Crippen molar-refractivity contribution in [2.75, 3.05) is 20.2 Å². The highest BCUT2D eigenvalue weighted by Gasteiger charge is 2.38. The normalized spacial score (nSPS) is 17.8. The average molecular weight is 777 g/mol. The monoisotopic (exact) mass is 776 g/mol. The van der Waals surface area contributed by atoms with Gasteiger partial charge in [0.25, 0.3) is 0 Å². The van der Waals surface area contributed by atoms with Crippen molar-refractivity contribution >= 4 is 24.0 Å². The van der Waals surface area contributed by atoms with Gasteiger partial charge in [-0.3, -0.25) is 9.59 Å². The lowest BCUT2D eigenvalue weighted by Gasteiger charge is -2.29. The molecular weight excluding hydrogens is 729 g/mol. The number of aromatic amines is 2. The maximum absolute atomic E-state index is 13.9. The van der Waals surface area contributed by atoms with E-state index in [-0.39, 0.29) is 36.2 Å². The number of rotatable bonds is 12. The third kappa shape index (κ3) is 8.39. The maximum atomic E-state index is 13.9. The highest BCUT2D eigenvalue weighted by molar-refractivity contribution is 5.87. The number of likely N-dealkylation sites (tertiary alicyclic amines) is 2. The number of carbonyl (C=O) groups excluding carboxylic acids is 3. The number of benzene rings is 2. The smallest absolute Gasteiger partial charge is 0.407 e. The number of aromatic nitrogens is 6. The van der Waals surface area contributed by atoms with Gasteiger partial charge in [-0.2, -0.15) is 0 Å². The molecule has 4 amide bonds. The van der Waals surface area contributed by atoms with Gasteiger partial charge in [0.15, 0.2) is 0 Å². The number of nitrogens with one attached hydrogen (secondary N) is 4. The van der Waals surface area contributed by atoms with Crippen molar-refractivity contribution in [2.45, 2.75) is 70.1 Å². The molecule has 5 heterocycles. The minimum Gasteiger partial charge on any atom is -0.465 e. The lowest BCUT2D eigenvalue weighted by molar-refractivity contribution is -0.135. The summed E-state index contributed by atoms with van der Waals surface area (Å²) in [6.45, 7) is 4.75. The minimum absolute atomic E-state index is 0.190. The molecule has 2 aliphatic heterocycles. The lowest BCUT2D eigenvalue weighted by atomic mass is 10.0. The van der Waals surface area contributed by atoms with Gasteiger partial charge in [0.1, 0.15) is 23.7 Å². The van der Waals surface area contributed by atoms with Crippen molar-refractivity contribution in [3.05, 3.63) is 90.8 Å². The van der Waals surface area contributed by atoms with Gasteiger partial charge in [-0.15, -0.1) is 0 Å². The Balaban J connectivity index is 1.00. The number of ether oxygens (including phenoxy) is 1. The Morgan fingerprint density at radius 1 is 0.789 bits per heavy atom. The van der Waals surface area contributed by atoms with Crippen molar-refractivity contribution in [1.82, 2.24) is 49.9 Å². The first-order chi connectivity index (χ1) is 27.5. The van der Waals surface area contributed by atoms with Crippen LogP contribution in [0.4, 0.5) is 9.59 Å². The SMILES string of the molecule is COC(=O)N[C@@H](Cc1cncn1C)C(=O)N1CCC[C@H]1c1ncc(-c2ccc(-c3ccc(-c4cnc([C@@H]5CCCN5C(=O)[C@@H](NC(=O)O)C(C)C)[nH]4)cc3)cc2)[nH]1. The van der Waals surface area contributed by atoms with E-state index in [1.54, 1.807) is 34.7 Å². The lowest BCUT2D eigenvalue weighted by Crippen LogP contribution is -2.50. The number of H-pyrrole nitrogens is 2. The second-order valence-corrected chi connectivity index (χ2v) is 15.0.